The highest BCUT2D eigenvalue weighted by Gasteiger charge is 2.19. The van der Waals surface area contributed by atoms with Gasteiger partial charge in [-0.1, -0.05) is 52.3 Å². The van der Waals surface area contributed by atoms with Crippen molar-refractivity contribution in [1.82, 2.24) is 0 Å². The molecule has 0 unspecified atom stereocenters. The molecular formula is C16H16BrNO4. The van der Waals surface area contributed by atoms with E-state index in [0.29, 0.717) is 17.3 Å². The average molecular weight is 366 g/mol. The van der Waals surface area contributed by atoms with Gasteiger partial charge in [-0.2, -0.15) is 0 Å². The van der Waals surface area contributed by atoms with Crippen molar-refractivity contribution in [3.63, 3.8) is 0 Å². The maximum absolute atomic E-state index is 11.2. The minimum atomic E-state index is -0.735. The number of aliphatic hydroxyl groups excluding tert-OH is 1. The first-order valence-corrected chi connectivity index (χ1v) is 7.93. The molecule has 1 N–H and O–H groups in total. The van der Waals surface area contributed by atoms with Crippen LogP contribution in [0.4, 0.5) is 5.69 Å². The molecule has 6 heteroatoms. The molecule has 5 nitrogen and oxygen atoms in total. The number of halogens is 1. The standard InChI is InChI=1S/C16H16BrNO4/c17-9-8-15(19)13-6-7-16(14(10-13)18(20)21)22-11-12-4-2-1-3-5-12/h1-7,10,15,19H,8-9,11H2/t15-/m1/s1. The Bertz CT molecular complexity index is 633. The van der Waals surface area contributed by atoms with E-state index < -0.39 is 11.0 Å². The summed E-state index contributed by atoms with van der Waals surface area (Å²) in [5, 5.41) is 21.8. The van der Waals surface area contributed by atoms with Gasteiger partial charge < -0.3 is 9.84 Å². The third-order valence-corrected chi connectivity index (χ3v) is 3.64. The quantitative estimate of drug-likeness (QED) is 0.457. The van der Waals surface area contributed by atoms with Crippen molar-refractivity contribution in [3.05, 3.63) is 69.8 Å². The van der Waals surface area contributed by atoms with E-state index in [2.05, 4.69) is 15.9 Å². The van der Waals surface area contributed by atoms with Crippen LogP contribution in [0.15, 0.2) is 48.5 Å². The van der Waals surface area contributed by atoms with Gasteiger partial charge in [0, 0.05) is 11.4 Å². The molecule has 0 saturated heterocycles. The topological polar surface area (TPSA) is 72.6 Å². The van der Waals surface area contributed by atoms with Gasteiger partial charge in [0.2, 0.25) is 0 Å². The number of nitro benzene ring substituents is 1. The number of hydrogen-bond acceptors (Lipinski definition) is 4. The van der Waals surface area contributed by atoms with E-state index in [0.717, 1.165) is 5.56 Å². The van der Waals surface area contributed by atoms with Crippen molar-refractivity contribution in [2.75, 3.05) is 5.33 Å². The second kappa shape index (κ2) is 7.91. The summed E-state index contributed by atoms with van der Waals surface area (Å²) in [5.41, 5.74) is 1.31. The van der Waals surface area contributed by atoms with E-state index in [4.69, 9.17) is 4.74 Å². The summed E-state index contributed by atoms with van der Waals surface area (Å²) < 4.78 is 5.55. The highest BCUT2D eigenvalue weighted by Crippen LogP contribution is 2.31. The van der Waals surface area contributed by atoms with Crippen LogP contribution >= 0.6 is 15.9 Å². The van der Waals surface area contributed by atoms with Gasteiger partial charge in [0.1, 0.15) is 6.61 Å². The molecule has 0 aliphatic rings. The monoisotopic (exact) mass is 365 g/mol. The Morgan fingerprint density at radius 1 is 1.23 bits per heavy atom. The summed E-state index contributed by atoms with van der Waals surface area (Å²) in [5.74, 6) is 0.198. The number of alkyl halides is 1. The smallest absolute Gasteiger partial charge is 0.311 e. The van der Waals surface area contributed by atoms with Crippen LogP contribution in [0, 0.1) is 10.1 Å². The van der Waals surface area contributed by atoms with Gasteiger partial charge in [-0.25, -0.2) is 0 Å². The molecule has 0 bridgehead atoms. The maximum atomic E-state index is 11.2. The molecule has 2 rings (SSSR count). The SMILES string of the molecule is O=[N+]([O-])c1cc([C@H](O)CCBr)ccc1OCc1ccccc1. The van der Waals surface area contributed by atoms with Crippen LogP contribution in [0.25, 0.3) is 0 Å². The van der Waals surface area contributed by atoms with Crippen molar-refractivity contribution in [2.24, 2.45) is 0 Å². The number of rotatable bonds is 7. The van der Waals surface area contributed by atoms with Crippen molar-refractivity contribution in [1.29, 1.82) is 0 Å². The van der Waals surface area contributed by atoms with Crippen molar-refractivity contribution in [2.45, 2.75) is 19.1 Å². The zero-order valence-electron chi connectivity index (χ0n) is 11.8. The minimum Gasteiger partial charge on any atom is -0.482 e. The Morgan fingerprint density at radius 2 is 1.95 bits per heavy atom. The van der Waals surface area contributed by atoms with Gasteiger partial charge in [-0.3, -0.25) is 10.1 Å². The van der Waals surface area contributed by atoms with E-state index in [-0.39, 0.29) is 18.0 Å². The molecular weight excluding hydrogens is 350 g/mol. The molecule has 0 fully saturated rings. The maximum Gasteiger partial charge on any atom is 0.311 e. The fourth-order valence-electron chi connectivity index (χ4n) is 2.01. The number of hydrogen-bond donors (Lipinski definition) is 1. The van der Waals surface area contributed by atoms with Crippen LogP contribution < -0.4 is 4.74 Å². The molecule has 116 valence electrons. The Kier molecular flexibility index (Phi) is 5.91. The number of aliphatic hydroxyl groups is 1. The summed E-state index contributed by atoms with van der Waals surface area (Å²) in [6, 6.07) is 14.0. The summed E-state index contributed by atoms with van der Waals surface area (Å²) in [6.07, 6.45) is -0.247. The molecule has 0 aromatic heterocycles. The van der Waals surface area contributed by atoms with E-state index in [9.17, 15) is 15.2 Å². The van der Waals surface area contributed by atoms with Crippen LogP contribution in [-0.2, 0) is 6.61 Å². The van der Waals surface area contributed by atoms with Crippen LogP contribution in [-0.4, -0.2) is 15.4 Å². The molecule has 0 saturated carbocycles. The largest absolute Gasteiger partial charge is 0.482 e. The molecule has 0 spiro atoms. The van der Waals surface area contributed by atoms with Gasteiger partial charge in [-0.15, -0.1) is 0 Å². The fraction of sp³-hybridized carbons (Fsp3) is 0.250. The van der Waals surface area contributed by atoms with E-state index in [1.165, 1.54) is 12.1 Å². The third-order valence-electron chi connectivity index (χ3n) is 3.18. The molecule has 22 heavy (non-hydrogen) atoms. The zero-order chi connectivity index (χ0) is 15.9. The predicted molar refractivity (Wildman–Crippen MR) is 87.2 cm³/mol. The van der Waals surface area contributed by atoms with Crippen LogP contribution in [0.1, 0.15) is 23.7 Å². The van der Waals surface area contributed by atoms with Gasteiger partial charge in [0.15, 0.2) is 5.75 Å². The molecule has 0 aliphatic heterocycles. The Balaban J connectivity index is 2.18. The molecule has 1 atom stereocenters. The van der Waals surface area contributed by atoms with Gasteiger partial charge >= 0.3 is 5.69 Å². The fourth-order valence-corrected chi connectivity index (χ4v) is 2.45. The first kappa shape index (κ1) is 16.5. The zero-order valence-corrected chi connectivity index (χ0v) is 13.4. The summed E-state index contributed by atoms with van der Waals surface area (Å²) in [4.78, 5) is 10.7. The third kappa shape index (κ3) is 4.29. The van der Waals surface area contributed by atoms with Crippen LogP contribution in [0.3, 0.4) is 0 Å². The van der Waals surface area contributed by atoms with Crippen molar-refractivity contribution >= 4 is 21.6 Å². The molecule has 2 aromatic carbocycles. The average Bonchev–Trinajstić information content (AvgIpc) is 2.54. The molecule has 0 heterocycles. The first-order chi connectivity index (χ1) is 10.6. The van der Waals surface area contributed by atoms with E-state index in [1.807, 2.05) is 30.3 Å². The van der Waals surface area contributed by atoms with Gasteiger partial charge in [0.05, 0.1) is 11.0 Å². The first-order valence-electron chi connectivity index (χ1n) is 6.81. The van der Waals surface area contributed by atoms with Crippen LogP contribution in [0.2, 0.25) is 0 Å². The summed E-state index contributed by atoms with van der Waals surface area (Å²) >= 11 is 3.24. The molecule has 0 aliphatic carbocycles. The minimum absolute atomic E-state index is 0.137. The van der Waals surface area contributed by atoms with Crippen molar-refractivity contribution < 1.29 is 14.8 Å². The second-order valence-corrected chi connectivity index (χ2v) is 5.54. The number of nitrogens with zero attached hydrogens (tertiary/aromatic N) is 1. The van der Waals surface area contributed by atoms with Gasteiger partial charge in [0.25, 0.3) is 0 Å². The molecule has 0 amide bonds. The lowest BCUT2D eigenvalue weighted by Crippen LogP contribution is -2.02. The Labute approximate surface area is 136 Å². The second-order valence-electron chi connectivity index (χ2n) is 4.75. The van der Waals surface area contributed by atoms with Crippen LogP contribution in [0.5, 0.6) is 5.75 Å². The highest BCUT2D eigenvalue weighted by atomic mass is 79.9. The van der Waals surface area contributed by atoms with E-state index >= 15 is 0 Å². The number of benzene rings is 2. The normalized spacial score (nSPS) is 11.9. The Hall–Kier alpha value is -1.92. The summed E-state index contributed by atoms with van der Waals surface area (Å²) in [7, 11) is 0. The lowest BCUT2D eigenvalue weighted by atomic mass is 10.1. The lowest BCUT2D eigenvalue weighted by Gasteiger charge is -2.11. The number of nitro groups is 1. The lowest BCUT2D eigenvalue weighted by molar-refractivity contribution is -0.386. The molecule has 0 radical (unpaired) electrons. The van der Waals surface area contributed by atoms with Crippen molar-refractivity contribution in [3.8, 4) is 5.75 Å². The Morgan fingerprint density at radius 3 is 2.59 bits per heavy atom. The number of ether oxygens (including phenoxy) is 1. The highest BCUT2D eigenvalue weighted by molar-refractivity contribution is 9.09. The van der Waals surface area contributed by atoms with Gasteiger partial charge in [-0.05, 0) is 23.6 Å². The molecule has 2 aromatic rings. The summed E-state index contributed by atoms with van der Waals surface area (Å²) in [6.45, 7) is 0.255. The van der Waals surface area contributed by atoms with E-state index in [1.54, 1.807) is 6.07 Å². The predicted octanol–water partition coefficient (Wildman–Crippen LogP) is 3.99.